The van der Waals surface area contributed by atoms with E-state index in [9.17, 15) is 14.0 Å². The molecule has 1 N–H and O–H groups in total. The van der Waals surface area contributed by atoms with Crippen molar-refractivity contribution in [1.82, 2.24) is 0 Å². The first-order valence-electron chi connectivity index (χ1n) is 4.42. The zero-order valence-corrected chi connectivity index (χ0v) is 9.21. The van der Waals surface area contributed by atoms with E-state index in [0.29, 0.717) is 0 Å². The van der Waals surface area contributed by atoms with Gasteiger partial charge in [-0.05, 0) is 18.4 Å². The molecule has 0 fully saturated rings. The van der Waals surface area contributed by atoms with Crippen LogP contribution in [-0.2, 0) is 9.53 Å². The summed E-state index contributed by atoms with van der Waals surface area (Å²) in [6.07, 6.45) is 0. The molecule has 1 aromatic heterocycles. The topological polar surface area (TPSA) is 79.6 Å². The predicted octanol–water partition coefficient (Wildman–Crippen LogP) is 2.03. The minimum absolute atomic E-state index is 0.0745. The monoisotopic (exact) mass is 244 g/mol. The van der Waals surface area contributed by atoms with Crippen molar-refractivity contribution >= 4 is 23.1 Å². The Balaban J connectivity index is 2.90. The number of thiophene rings is 1. The molecular weight excluding hydrogens is 235 g/mol. The Bertz CT molecular complexity index is 419. The van der Waals surface area contributed by atoms with Crippen molar-refractivity contribution in [3.63, 3.8) is 0 Å². The standard InChI is InChI=1S/C9H9FN2O3S/c1-2-15-9(14)6(12-11)7(13)8-5(10)3-4-16-8/h3-4,6,11H,2H2,1H3. The number of ether oxygens (including phenoxy) is 1. The third kappa shape index (κ3) is 2.48. The van der Waals surface area contributed by atoms with Crippen LogP contribution in [0.2, 0.25) is 0 Å². The van der Waals surface area contributed by atoms with Crippen molar-refractivity contribution in [2.24, 2.45) is 5.11 Å². The summed E-state index contributed by atoms with van der Waals surface area (Å²) in [5.41, 5.74) is 6.76. The van der Waals surface area contributed by atoms with Gasteiger partial charge in [0.15, 0.2) is 0 Å². The number of hydrogen-bond acceptors (Lipinski definition) is 6. The number of carbonyl (C=O) groups excluding carboxylic acids is 2. The molecule has 0 aliphatic rings. The van der Waals surface area contributed by atoms with Gasteiger partial charge in [-0.25, -0.2) is 14.7 Å². The zero-order chi connectivity index (χ0) is 12.1. The molecule has 0 aliphatic heterocycles. The summed E-state index contributed by atoms with van der Waals surface area (Å²) >= 11 is 0.861. The number of ketones is 1. The predicted molar refractivity (Wildman–Crippen MR) is 54.2 cm³/mol. The molecular formula is C9H9FN2O3S. The number of Topliss-reactive ketones (excluding diaryl/α,β-unsaturated/α-hetero) is 1. The SMILES string of the molecule is CCOC(=O)C(N=N)C(=O)c1sccc1F. The second-order valence-electron chi connectivity index (χ2n) is 2.75. The fourth-order valence-electron chi connectivity index (χ4n) is 1.03. The Morgan fingerprint density at radius 2 is 2.38 bits per heavy atom. The summed E-state index contributed by atoms with van der Waals surface area (Å²) in [5, 5.41) is 4.25. The highest BCUT2D eigenvalue weighted by Crippen LogP contribution is 2.18. The first-order chi connectivity index (χ1) is 7.61. The number of hydrogen-bond donors (Lipinski definition) is 1. The highest BCUT2D eigenvalue weighted by molar-refractivity contribution is 7.12. The molecule has 0 aromatic carbocycles. The summed E-state index contributed by atoms with van der Waals surface area (Å²) in [4.78, 5) is 22.7. The first kappa shape index (κ1) is 12.4. The zero-order valence-electron chi connectivity index (χ0n) is 8.40. The molecule has 0 saturated carbocycles. The largest absolute Gasteiger partial charge is 0.464 e. The van der Waals surface area contributed by atoms with Crippen molar-refractivity contribution in [2.75, 3.05) is 6.61 Å². The van der Waals surface area contributed by atoms with Crippen molar-refractivity contribution in [2.45, 2.75) is 13.0 Å². The van der Waals surface area contributed by atoms with Crippen LogP contribution in [0.4, 0.5) is 4.39 Å². The lowest BCUT2D eigenvalue weighted by molar-refractivity contribution is -0.143. The van der Waals surface area contributed by atoms with E-state index in [1.807, 2.05) is 0 Å². The summed E-state index contributed by atoms with van der Waals surface area (Å²) in [6, 6.07) is -0.488. The van der Waals surface area contributed by atoms with Gasteiger partial charge in [-0.3, -0.25) is 4.79 Å². The maximum Gasteiger partial charge on any atom is 0.341 e. The summed E-state index contributed by atoms with van der Waals surface area (Å²) in [6.45, 7) is 1.64. The van der Waals surface area contributed by atoms with Crippen LogP contribution in [0.25, 0.3) is 0 Å². The Hall–Kier alpha value is -1.63. The molecule has 5 nitrogen and oxygen atoms in total. The molecule has 1 unspecified atom stereocenters. The maximum atomic E-state index is 13.1. The van der Waals surface area contributed by atoms with Gasteiger partial charge in [0.2, 0.25) is 11.8 Å². The highest BCUT2D eigenvalue weighted by atomic mass is 32.1. The average molecular weight is 244 g/mol. The van der Waals surface area contributed by atoms with Crippen LogP contribution in [0.15, 0.2) is 16.6 Å². The lowest BCUT2D eigenvalue weighted by atomic mass is 10.1. The molecule has 0 aliphatic carbocycles. The second kappa shape index (κ2) is 5.45. The number of carbonyl (C=O) groups is 2. The quantitative estimate of drug-likeness (QED) is 0.372. The molecule has 0 bridgehead atoms. The number of rotatable bonds is 5. The molecule has 7 heteroatoms. The van der Waals surface area contributed by atoms with Gasteiger partial charge in [-0.15, -0.1) is 11.3 Å². The molecule has 86 valence electrons. The third-order valence-electron chi connectivity index (χ3n) is 1.73. The normalized spacial score (nSPS) is 11.9. The molecule has 1 atom stereocenters. The Kier molecular flexibility index (Phi) is 4.24. The van der Waals surface area contributed by atoms with Crippen molar-refractivity contribution in [3.05, 3.63) is 22.1 Å². The lowest BCUT2D eigenvalue weighted by Gasteiger charge is -2.07. The van der Waals surface area contributed by atoms with E-state index < -0.39 is 23.6 Å². The second-order valence-corrected chi connectivity index (χ2v) is 3.66. The van der Waals surface area contributed by atoms with Gasteiger partial charge >= 0.3 is 5.97 Å². The third-order valence-corrected chi connectivity index (χ3v) is 2.63. The van der Waals surface area contributed by atoms with Crippen LogP contribution in [0.3, 0.4) is 0 Å². The minimum Gasteiger partial charge on any atom is -0.464 e. The van der Waals surface area contributed by atoms with E-state index in [-0.39, 0.29) is 11.5 Å². The number of nitrogens with zero attached hydrogens (tertiary/aromatic N) is 1. The summed E-state index contributed by atoms with van der Waals surface area (Å²) in [5.74, 6) is -2.50. The van der Waals surface area contributed by atoms with Crippen LogP contribution >= 0.6 is 11.3 Å². The fourth-order valence-corrected chi connectivity index (χ4v) is 1.77. The van der Waals surface area contributed by atoms with E-state index in [4.69, 9.17) is 5.53 Å². The van der Waals surface area contributed by atoms with Crippen molar-refractivity contribution < 1.29 is 18.7 Å². The molecule has 0 radical (unpaired) electrons. The van der Waals surface area contributed by atoms with Gasteiger partial charge in [0, 0.05) is 0 Å². The van der Waals surface area contributed by atoms with Crippen LogP contribution in [-0.4, -0.2) is 24.4 Å². The lowest BCUT2D eigenvalue weighted by Crippen LogP contribution is -2.29. The van der Waals surface area contributed by atoms with E-state index >= 15 is 0 Å². The van der Waals surface area contributed by atoms with E-state index in [1.165, 1.54) is 5.38 Å². The summed E-state index contributed by atoms with van der Waals surface area (Å²) < 4.78 is 17.6. The van der Waals surface area contributed by atoms with E-state index in [1.54, 1.807) is 6.92 Å². The highest BCUT2D eigenvalue weighted by Gasteiger charge is 2.31. The van der Waals surface area contributed by atoms with Crippen molar-refractivity contribution in [3.8, 4) is 0 Å². The van der Waals surface area contributed by atoms with E-state index in [0.717, 1.165) is 17.4 Å². The van der Waals surface area contributed by atoms with Crippen LogP contribution in [0.5, 0.6) is 0 Å². The number of nitrogens with one attached hydrogen (secondary N) is 1. The minimum atomic E-state index is -1.60. The molecule has 0 spiro atoms. The molecule has 1 aromatic rings. The molecule has 0 saturated heterocycles. The Labute approximate surface area is 94.7 Å². The van der Waals surface area contributed by atoms with Gasteiger partial charge in [0.25, 0.3) is 0 Å². The van der Waals surface area contributed by atoms with Crippen molar-refractivity contribution in [1.29, 1.82) is 5.53 Å². The number of halogens is 1. The summed E-state index contributed by atoms with van der Waals surface area (Å²) in [7, 11) is 0. The van der Waals surface area contributed by atoms with Gasteiger partial charge in [0.05, 0.1) is 6.61 Å². The molecule has 1 heterocycles. The fraction of sp³-hybridized carbons (Fsp3) is 0.333. The smallest absolute Gasteiger partial charge is 0.341 e. The molecule has 1 rings (SSSR count). The van der Waals surface area contributed by atoms with Crippen LogP contribution < -0.4 is 0 Å². The van der Waals surface area contributed by atoms with Gasteiger partial charge in [-0.1, -0.05) is 0 Å². The van der Waals surface area contributed by atoms with Crippen LogP contribution in [0.1, 0.15) is 16.6 Å². The van der Waals surface area contributed by atoms with Gasteiger partial charge in [-0.2, -0.15) is 5.11 Å². The van der Waals surface area contributed by atoms with Crippen LogP contribution in [0, 0.1) is 11.3 Å². The van der Waals surface area contributed by atoms with Gasteiger partial charge < -0.3 is 4.74 Å². The maximum absolute atomic E-state index is 13.1. The first-order valence-corrected chi connectivity index (χ1v) is 5.30. The van der Waals surface area contributed by atoms with E-state index in [2.05, 4.69) is 9.85 Å². The average Bonchev–Trinajstić information content (AvgIpc) is 2.65. The Morgan fingerprint density at radius 1 is 1.69 bits per heavy atom. The molecule has 0 amide bonds. The molecule has 16 heavy (non-hydrogen) atoms. The Morgan fingerprint density at radius 3 is 2.81 bits per heavy atom. The number of esters is 1. The van der Waals surface area contributed by atoms with Gasteiger partial charge in [0.1, 0.15) is 10.7 Å².